The van der Waals surface area contributed by atoms with E-state index in [4.69, 9.17) is 0 Å². The first-order chi connectivity index (χ1) is 6.59. The maximum absolute atomic E-state index is 10.5. The van der Waals surface area contributed by atoms with Crippen LogP contribution in [0, 0.1) is 10.1 Å². The smallest absolute Gasteiger partial charge is 0.271 e. The van der Waals surface area contributed by atoms with E-state index in [-0.39, 0.29) is 5.69 Å². The lowest BCUT2D eigenvalue weighted by Gasteiger charge is -2.03. The van der Waals surface area contributed by atoms with Gasteiger partial charge < -0.3 is 10.4 Å². The number of anilines is 1. The third-order valence-electron chi connectivity index (χ3n) is 2.15. The molecule has 6 heteroatoms. The summed E-state index contributed by atoms with van der Waals surface area (Å²) in [5, 5.41) is 23.0. The van der Waals surface area contributed by atoms with Crippen molar-refractivity contribution in [3.05, 3.63) is 32.3 Å². The molecule has 14 heavy (non-hydrogen) atoms. The molecule has 1 aromatic carbocycles. The lowest BCUT2D eigenvalue weighted by Crippen LogP contribution is -1.99. The molecule has 1 heterocycles. The van der Waals surface area contributed by atoms with E-state index in [1.807, 2.05) is 0 Å². The van der Waals surface area contributed by atoms with E-state index in [1.54, 1.807) is 0 Å². The van der Waals surface area contributed by atoms with Crippen LogP contribution in [0.25, 0.3) is 0 Å². The van der Waals surface area contributed by atoms with Crippen LogP contribution >= 0.6 is 15.9 Å². The minimum absolute atomic E-state index is 0.0154. The Hall–Kier alpha value is -1.14. The van der Waals surface area contributed by atoms with E-state index in [1.165, 1.54) is 12.1 Å². The minimum Gasteiger partial charge on any atom is -0.386 e. The number of fused-ring (bicyclic) bond motifs is 1. The molecule has 1 aromatic rings. The van der Waals surface area contributed by atoms with Crippen LogP contribution in [-0.2, 0) is 0 Å². The number of nitrogens with zero attached hydrogens (tertiary/aromatic N) is 1. The number of nitro groups is 1. The SMILES string of the molecule is O=[N+]([O-])c1cc(Br)c2c(c1)[C@@H](O)CN2. The number of nitrogens with one attached hydrogen (secondary N) is 1. The van der Waals surface area contributed by atoms with Crippen LogP contribution in [0.15, 0.2) is 16.6 Å². The van der Waals surface area contributed by atoms with Gasteiger partial charge in [-0.3, -0.25) is 10.1 Å². The number of benzene rings is 1. The van der Waals surface area contributed by atoms with Crippen molar-refractivity contribution >= 4 is 27.3 Å². The molecule has 0 radical (unpaired) electrons. The van der Waals surface area contributed by atoms with Crippen LogP contribution in [0.2, 0.25) is 0 Å². The highest BCUT2D eigenvalue weighted by molar-refractivity contribution is 9.10. The molecule has 0 saturated carbocycles. The Morgan fingerprint density at radius 3 is 3.00 bits per heavy atom. The van der Waals surface area contributed by atoms with Gasteiger partial charge in [-0.2, -0.15) is 0 Å². The Kier molecular flexibility index (Phi) is 2.16. The summed E-state index contributed by atoms with van der Waals surface area (Å²) in [6, 6.07) is 2.81. The Morgan fingerprint density at radius 2 is 2.36 bits per heavy atom. The normalized spacial score (nSPS) is 18.9. The largest absolute Gasteiger partial charge is 0.386 e. The topological polar surface area (TPSA) is 75.4 Å². The molecule has 0 bridgehead atoms. The first-order valence-corrected chi connectivity index (χ1v) is 4.78. The van der Waals surface area contributed by atoms with Crippen molar-refractivity contribution in [1.82, 2.24) is 0 Å². The molecule has 74 valence electrons. The van der Waals surface area contributed by atoms with Crippen molar-refractivity contribution in [2.45, 2.75) is 6.10 Å². The molecule has 0 aromatic heterocycles. The predicted octanol–water partition coefficient (Wildman–Crippen LogP) is 1.82. The fourth-order valence-corrected chi connectivity index (χ4v) is 2.08. The number of hydrogen-bond donors (Lipinski definition) is 2. The average molecular weight is 259 g/mol. The number of aliphatic hydroxyl groups excluding tert-OH is 1. The third-order valence-corrected chi connectivity index (χ3v) is 2.77. The average Bonchev–Trinajstić information content (AvgIpc) is 2.48. The third kappa shape index (κ3) is 1.36. The summed E-state index contributed by atoms with van der Waals surface area (Å²) >= 11 is 3.22. The van der Waals surface area contributed by atoms with Gasteiger partial charge in [0.2, 0.25) is 0 Å². The molecule has 5 nitrogen and oxygen atoms in total. The molecule has 0 aliphatic carbocycles. The number of rotatable bonds is 1. The Labute approximate surface area is 88.0 Å². The van der Waals surface area contributed by atoms with Gasteiger partial charge in [-0.1, -0.05) is 0 Å². The van der Waals surface area contributed by atoms with Crippen molar-refractivity contribution in [3.8, 4) is 0 Å². The van der Waals surface area contributed by atoms with E-state index in [0.29, 0.717) is 16.6 Å². The van der Waals surface area contributed by atoms with Gasteiger partial charge in [-0.05, 0) is 15.9 Å². The number of non-ortho nitro benzene ring substituents is 1. The molecule has 0 amide bonds. The summed E-state index contributed by atoms with van der Waals surface area (Å²) in [6.07, 6.45) is -0.666. The summed E-state index contributed by atoms with van der Waals surface area (Å²) in [7, 11) is 0. The van der Waals surface area contributed by atoms with Crippen LogP contribution in [0.4, 0.5) is 11.4 Å². The first kappa shape index (κ1) is 9.42. The molecule has 1 atom stereocenters. The van der Waals surface area contributed by atoms with Crippen LogP contribution in [0.5, 0.6) is 0 Å². The molecular weight excluding hydrogens is 252 g/mol. The van der Waals surface area contributed by atoms with Gasteiger partial charge in [0.15, 0.2) is 0 Å². The predicted molar refractivity (Wildman–Crippen MR) is 54.2 cm³/mol. The second-order valence-corrected chi connectivity index (χ2v) is 3.90. The maximum atomic E-state index is 10.5. The molecular formula is C8H7BrN2O3. The highest BCUT2D eigenvalue weighted by atomic mass is 79.9. The zero-order chi connectivity index (χ0) is 10.3. The summed E-state index contributed by atoms with van der Waals surface area (Å²) in [5.41, 5.74) is 1.30. The van der Waals surface area contributed by atoms with Crippen molar-refractivity contribution in [1.29, 1.82) is 0 Å². The highest BCUT2D eigenvalue weighted by Crippen LogP contribution is 2.38. The molecule has 0 saturated heterocycles. The van der Waals surface area contributed by atoms with Crippen LogP contribution < -0.4 is 5.32 Å². The zero-order valence-electron chi connectivity index (χ0n) is 7.03. The van der Waals surface area contributed by atoms with Crippen molar-refractivity contribution in [3.63, 3.8) is 0 Å². The number of halogens is 1. The quantitative estimate of drug-likeness (QED) is 0.595. The fraction of sp³-hybridized carbons (Fsp3) is 0.250. The Balaban J connectivity index is 2.58. The van der Waals surface area contributed by atoms with E-state index < -0.39 is 11.0 Å². The lowest BCUT2D eigenvalue weighted by atomic mass is 10.1. The second kappa shape index (κ2) is 3.21. The Morgan fingerprint density at radius 1 is 1.64 bits per heavy atom. The molecule has 0 fully saturated rings. The maximum Gasteiger partial charge on any atom is 0.271 e. The summed E-state index contributed by atoms with van der Waals surface area (Å²) in [4.78, 5) is 10.1. The lowest BCUT2D eigenvalue weighted by molar-refractivity contribution is -0.385. The van der Waals surface area contributed by atoms with E-state index in [2.05, 4.69) is 21.2 Å². The molecule has 2 N–H and O–H groups in total. The monoisotopic (exact) mass is 258 g/mol. The van der Waals surface area contributed by atoms with Gasteiger partial charge in [-0.15, -0.1) is 0 Å². The van der Waals surface area contributed by atoms with E-state index >= 15 is 0 Å². The zero-order valence-corrected chi connectivity index (χ0v) is 8.61. The molecule has 1 aliphatic rings. The molecule has 0 spiro atoms. The van der Waals surface area contributed by atoms with Crippen molar-refractivity contribution in [2.24, 2.45) is 0 Å². The van der Waals surface area contributed by atoms with Gasteiger partial charge in [0, 0.05) is 28.7 Å². The van der Waals surface area contributed by atoms with Crippen molar-refractivity contribution in [2.75, 3.05) is 11.9 Å². The second-order valence-electron chi connectivity index (χ2n) is 3.05. The number of β-amino-alcohol motifs (C(OH)–C–C–N with tert-alkyl or cyclic N) is 1. The van der Waals surface area contributed by atoms with Gasteiger partial charge in [0.05, 0.1) is 16.7 Å². The van der Waals surface area contributed by atoms with Gasteiger partial charge >= 0.3 is 0 Å². The minimum atomic E-state index is -0.666. The van der Waals surface area contributed by atoms with Crippen LogP contribution in [-0.4, -0.2) is 16.6 Å². The Bertz CT molecular complexity index is 408. The number of aliphatic hydroxyl groups is 1. The van der Waals surface area contributed by atoms with E-state index in [9.17, 15) is 15.2 Å². The van der Waals surface area contributed by atoms with Crippen LogP contribution in [0.3, 0.4) is 0 Å². The van der Waals surface area contributed by atoms with Gasteiger partial charge in [0.25, 0.3) is 5.69 Å². The first-order valence-electron chi connectivity index (χ1n) is 3.99. The molecule has 0 unspecified atom stereocenters. The highest BCUT2D eigenvalue weighted by Gasteiger charge is 2.25. The standard InChI is InChI=1S/C8H7BrN2O3/c9-6-2-4(11(13)14)1-5-7(12)3-10-8(5)6/h1-2,7,10,12H,3H2/t7-/m0/s1. The van der Waals surface area contributed by atoms with Gasteiger partial charge in [-0.25, -0.2) is 0 Å². The summed E-state index contributed by atoms with van der Waals surface area (Å²) in [5.74, 6) is 0. The summed E-state index contributed by atoms with van der Waals surface area (Å²) in [6.45, 7) is 0.398. The number of hydrogen-bond acceptors (Lipinski definition) is 4. The molecule has 1 aliphatic heterocycles. The van der Waals surface area contributed by atoms with Crippen molar-refractivity contribution < 1.29 is 10.0 Å². The fourth-order valence-electron chi connectivity index (χ4n) is 1.48. The molecule has 2 rings (SSSR count). The van der Waals surface area contributed by atoms with E-state index in [0.717, 1.165) is 5.69 Å². The summed E-state index contributed by atoms with van der Waals surface area (Å²) < 4.78 is 0.609. The van der Waals surface area contributed by atoms with Crippen LogP contribution in [0.1, 0.15) is 11.7 Å². The van der Waals surface area contributed by atoms with Gasteiger partial charge in [0.1, 0.15) is 0 Å². The number of nitro benzene ring substituents is 1.